The Morgan fingerprint density at radius 1 is 1.04 bits per heavy atom. The maximum atomic E-state index is 11.3. The van der Waals surface area contributed by atoms with Gasteiger partial charge >= 0.3 is 5.97 Å². The van der Waals surface area contributed by atoms with Crippen molar-refractivity contribution >= 4 is 5.97 Å². The van der Waals surface area contributed by atoms with Gasteiger partial charge in [0.2, 0.25) is 6.29 Å². The largest absolute Gasteiger partial charge is 0.479 e. The summed E-state index contributed by atoms with van der Waals surface area (Å²) >= 11 is 0. The molecular weight excluding hydrogens is 328 g/mol. The van der Waals surface area contributed by atoms with Crippen molar-refractivity contribution in [2.24, 2.45) is 0 Å². The Labute approximate surface area is 150 Å². The molecule has 2 aromatic rings. The van der Waals surface area contributed by atoms with E-state index in [1.807, 2.05) is 0 Å². The Morgan fingerprint density at radius 3 is 2.40 bits per heavy atom. The highest BCUT2D eigenvalue weighted by atomic mass is 16.7. The Balaban J connectivity index is 2.05. The van der Waals surface area contributed by atoms with Crippen LogP contribution in [0.15, 0.2) is 54.5 Å². The first-order valence-corrected chi connectivity index (χ1v) is 7.31. The van der Waals surface area contributed by atoms with Crippen molar-refractivity contribution in [1.29, 1.82) is 0 Å². The third-order valence-corrected chi connectivity index (χ3v) is 3.71. The minimum Gasteiger partial charge on any atom is -0.479 e. The van der Waals surface area contributed by atoms with Crippen LogP contribution < -0.4 is 4.74 Å². The van der Waals surface area contributed by atoms with Gasteiger partial charge in [0.15, 0.2) is 6.10 Å². The molecule has 7 nitrogen and oxygen atoms in total. The highest BCUT2D eigenvalue weighted by molar-refractivity contribution is 5.73. The van der Waals surface area contributed by atoms with Crippen molar-refractivity contribution in [2.45, 2.75) is 30.7 Å². The fourth-order valence-electron chi connectivity index (χ4n) is 2.44. The lowest BCUT2D eigenvalue weighted by molar-refractivity contribution is -0.271. The van der Waals surface area contributed by atoms with Gasteiger partial charge in [0, 0.05) is 5.56 Å². The van der Waals surface area contributed by atoms with E-state index in [0.717, 1.165) is 0 Å². The predicted octanol–water partition coefficient (Wildman–Crippen LogP) is 0.625. The molecule has 1 heterocycles. The van der Waals surface area contributed by atoms with E-state index in [0.29, 0.717) is 0 Å². The van der Waals surface area contributed by atoms with Gasteiger partial charge in [-0.25, -0.2) is 4.79 Å². The molecule has 1 aliphatic heterocycles. The summed E-state index contributed by atoms with van der Waals surface area (Å²) in [6.07, 6.45) is -9.17. The number of benzene rings is 2. The molecule has 132 valence electrons. The van der Waals surface area contributed by atoms with E-state index in [9.17, 15) is 20.1 Å². The Morgan fingerprint density at radius 2 is 1.72 bits per heavy atom. The van der Waals surface area contributed by atoms with Gasteiger partial charge in [-0.05, 0) is 11.6 Å². The molecule has 5 atom stereocenters. The Hall–Kier alpha value is -2.45. The second-order valence-corrected chi connectivity index (χ2v) is 5.35. The average molecular weight is 351 g/mol. The summed E-state index contributed by atoms with van der Waals surface area (Å²) in [6.45, 7) is 0. The highest BCUT2D eigenvalue weighted by Crippen LogP contribution is 2.32. The molecule has 0 amide bonds. The molecule has 25 heavy (non-hydrogen) atoms. The SMILES string of the molecule is [2H]c1c([2H])c([2H])c(-c2ccccc2O[C@@H]2O[C@H](C(=O)O)[C@@H](O)[C@H](O)[C@H]2O)c([2H])c1[2H]. The van der Waals surface area contributed by atoms with Crippen LogP contribution in [0.5, 0.6) is 5.75 Å². The van der Waals surface area contributed by atoms with E-state index in [4.69, 9.17) is 21.4 Å². The molecule has 0 radical (unpaired) electrons. The zero-order chi connectivity index (χ0) is 22.3. The number of carboxylic acids is 1. The minimum atomic E-state index is -1.89. The number of aliphatic hydroxyl groups is 3. The quantitative estimate of drug-likeness (QED) is 0.638. The molecule has 4 N–H and O–H groups in total. The van der Waals surface area contributed by atoms with E-state index < -0.39 is 66.9 Å². The number of carbonyl (C=O) groups is 1. The summed E-state index contributed by atoms with van der Waals surface area (Å²) in [6, 6.07) is 3.15. The Bertz CT molecular complexity index is 957. The number of aliphatic carboxylic acids is 1. The fraction of sp³-hybridized carbons (Fsp3) is 0.278. The number of rotatable bonds is 4. The molecule has 7 heteroatoms. The van der Waals surface area contributed by atoms with Crippen LogP contribution in [-0.2, 0) is 9.53 Å². The summed E-state index contributed by atoms with van der Waals surface area (Å²) in [4.78, 5) is 11.3. The molecule has 0 aromatic heterocycles. The number of hydrogen-bond acceptors (Lipinski definition) is 6. The average Bonchev–Trinajstić information content (AvgIpc) is 2.72. The van der Waals surface area contributed by atoms with Crippen LogP contribution in [0.2, 0.25) is 0 Å². The fourth-order valence-corrected chi connectivity index (χ4v) is 2.44. The van der Waals surface area contributed by atoms with E-state index in [-0.39, 0.29) is 16.9 Å². The second-order valence-electron chi connectivity index (χ2n) is 5.35. The summed E-state index contributed by atoms with van der Waals surface area (Å²) in [5.74, 6) is -1.67. The second kappa shape index (κ2) is 7.20. The molecule has 2 aromatic carbocycles. The van der Waals surface area contributed by atoms with Crippen molar-refractivity contribution in [2.75, 3.05) is 0 Å². The summed E-state index contributed by atoms with van der Waals surface area (Å²) in [5.41, 5.74) is -0.102. The maximum absolute atomic E-state index is 11.3. The molecular formula is C18H18O7. The zero-order valence-corrected chi connectivity index (χ0v) is 12.7. The normalized spacial score (nSPS) is 32.0. The van der Waals surface area contributed by atoms with Crippen molar-refractivity contribution < 1.29 is 41.5 Å². The van der Waals surface area contributed by atoms with Crippen LogP contribution in [0, 0.1) is 0 Å². The van der Waals surface area contributed by atoms with Crippen LogP contribution in [0.25, 0.3) is 11.1 Å². The third-order valence-electron chi connectivity index (χ3n) is 3.71. The molecule has 0 spiro atoms. The van der Waals surface area contributed by atoms with Crippen molar-refractivity contribution in [3.05, 3.63) is 54.5 Å². The molecule has 1 aliphatic rings. The number of para-hydroxylation sites is 1. The maximum Gasteiger partial charge on any atom is 0.335 e. The van der Waals surface area contributed by atoms with E-state index >= 15 is 0 Å². The minimum absolute atomic E-state index is 0.0674. The van der Waals surface area contributed by atoms with Crippen molar-refractivity contribution in [1.82, 2.24) is 0 Å². The number of carboxylic acid groups (broad SMARTS) is 1. The van der Waals surface area contributed by atoms with Gasteiger partial charge in [-0.3, -0.25) is 0 Å². The van der Waals surface area contributed by atoms with E-state index in [2.05, 4.69) is 0 Å². The van der Waals surface area contributed by atoms with E-state index in [1.54, 1.807) is 0 Å². The number of aliphatic hydroxyl groups excluding tert-OH is 3. The van der Waals surface area contributed by atoms with Crippen LogP contribution in [0.3, 0.4) is 0 Å². The standard InChI is InChI=1S/C18H18O7/c19-13-14(20)16(17(22)23)25-18(15(13)21)24-12-9-5-4-8-11(12)10-6-2-1-3-7-10/h1-9,13-16,18-21H,(H,22,23)/t13-,14-,15+,16-,18+/m0/s1/i1D,2D,3D,6D,7D. The molecule has 0 aliphatic carbocycles. The van der Waals surface area contributed by atoms with Crippen LogP contribution >= 0.6 is 0 Å². The van der Waals surface area contributed by atoms with Gasteiger partial charge in [0.05, 0.1) is 6.85 Å². The molecule has 0 unspecified atom stereocenters. The predicted molar refractivity (Wildman–Crippen MR) is 86.8 cm³/mol. The van der Waals surface area contributed by atoms with Crippen LogP contribution in [0.1, 0.15) is 6.85 Å². The topological polar surface area (TPSA) is 116 Å². The summed E-state index contributed by atoms with van der Waals surface area (Å²) in [7, 11) is 0. The van der Waals surface area contributed by atoms with Crippen LogP contribution in [0.4, 0.5) is 0 Å². The molecule has 1 fully saturated rings. The van der Waals surface area contributed by atoms with Gasteiger partial charge in [0.25, 0.3) is 0 Å². The first-order valence-electron chi connectivity index (χ1n) is 9.81. The van der Waals surface area contributed by atoms with Gasteiger partial charge < -0.3 is 29.9 Å². The summed E-state index contributed by atoms with van der Waals surface area (Å²) in [5, 5.41) is 39.0. The van der Waals surface area contributed by atoms with Gasteiger partial charge in [-0.1, -0.05) is 48.4 Å². The third kappa shape index (κ3) is 3.49. The zero-order valence-electron chi connectivity index (χ0n) is 17.7. The lowest BCUT2D eigenvalue weighted by Gasteiger charge is -2.38. The Kier molecular flexibility index (Phi) is 3.45. The van der Waals surface area contributed by atoms with Crippen LogP contribution in [-0.4, -0.2) is 57.1 Å². The van der Waals surface area contributed by atoms with Crippen molar-refractivity contribution in [3.63, 3.8) is 0 Å². The number of hydrogen-bond donors (Lipinski definition) is 4. The smallest absolute Gasteiger partial charge is 0.335 e. The lowest BCUT2D eigenvalue weighted by Crippen LogP contribution is -2.61. The molecule has 1 saturated heterocycles. The summed E-state index contributed by atoms with van der Waals surface area (Å²) < 4.78 is 50.2. The lowest BCUT2D eigenvalue weighted by atomic mass is 9.99. The molecule has 3 rings (SSSR count). The first-order chi connectivity index (χ1) is 14.1. The monoisotopic (exact) mass is 351 g/mol. The molecule has 0 saturated carbocycles. The van der Waals surface area contributed by atoms with Gasteiger partial charge in [0.1, 0.15) is 24.1 Å². The highest BCUT2D eigenvalue weighted by Gasteiger charge is 2.48. The first kappa shape index (κ1) is 12.0. The molecule has 0 bridgehead atoms. The van der Waals surface area contributed by atoms with E-state index in [1.165, 1.54) is 24.3 Å². The van der Waals surface area contributed by atoms with Gasteiger partial charge in [-0.2, -0.15) is 0 Å². The van der Waals surface area contributed by atoms with Crippen molar-refractivity contribution in [3.8, 4) is 16.9 Å². The van der Waals surface area contributed by atoms with Gasteiger partial charge in [-0.15, -0.1) is 0 Å². The number of ether oxygens (including phenoxy) is 2.